The van der Waals surface area contributed by atoms with Crippen LogP contribution < -0.4 is 0 Å². The van der Waals surface area contributed by atoms with E-state index in [9.17, 15) is 4.79 Å². The molecule has 0 spiro atoms. The largest absolute Gasteiger partial charge is 0.297 e. The molecule has 0 radical (unpaired) electrons. The second kappa shape index (κ2) is 3.03. The number of hydrogen-bond acceptors (Lipinski definition) is 2. The lowest BCUT2D eigenvalue weighted by molar-refractivity contribution is 0.100. The summed E-state index contributed by atoms with van der Waals surface area (Å²) in [6.07, 6.45) is 0.818. The molecule has 1 heterocycles. The Hall–Kier alpha value is -1.03. The number of amides is 1. The van der Waals surface area contributed by atoms with Crippen LogP contribution in [0, 0.1) is 0 Å². The predicted molar refractivity (Wildman–Crippen MR) is 52.4 cm³/mol. The predicted octanol–water partition coefficient (Wildman–Crippen LogP) is 3.25. The first kappa shape index (κ1) is 8.56. The second-order valence-electron chi connectivity index (χ2n) is 2.82. The highest BCUT2D eigenvalue weighted by Gasteiger charge is 2.21. The molecule has 3 nitrogen and oxygen atoms in total. The molecular weight excluding hydrogens is 232 g/mol. The van der Waals surface area contributed by atoms with Crippen LogP contribution in [-0.4, -0.2) is 5.91 Å². The Morgan fingerprint density at radius 1 is 1.38 bits per heavy atom. The van der Waals surface area contributed by atoms with E-state index in [1.807, 2.05) is 19.1 Å². The third-order valence-electron chi connectivity index (χ3n) is 2.01. The van der Waals surface area contributed by atoms with E-state index >= 15 is 0 Å². The molecule has 1 aliphatic rings. The first-order valence-electron chi connectivity index (χ1n) is 4.01. The molecule has 2 rings (SSSR count). The van der Waals surface area contributed by atoms with Gasteiger partial charge in [-0.25, -0.2) is 0 Å². The van der Waals surface area contributed by atoms with Crippen molar-refractivity contribution in [2.24, 2.45) is 10.2 Å². The average molecular weight is 239 g/mol. The van der Waals surface area contributed by atoms with Crippen molar-refractivity contribution in [2.75, 3.05) is 0 Å². The summed E-state index contributed by atoms with van der Waals surface area (Å²) in [6, 6.07) is 3.75. The summed E-state index contributed by atoms with van der Waals surface area (Å²) >= 11 is 3.36. The number of benzene rings is 1. The zero-order valence-corrected chi connectivity index (χ0v) is 8.63. The minimum atomic E-state index is -0.223. The summed E-state index contributed by atoms with van der Waals surface area (Å²) in [6.45, 7) is 2.01. The molecule has 4 heteroatoms. The van der Waals surface area contributed by atoms with E-state index in [1.54, 1.807) is 0 Å². The average Bonchev–Trinajstić information content (AvgIpc) is 2.46. The van der Waals surface area contributed by atoms with Gasteiger partial charge in [0.25, 0.3) is 5.91 Å². The molecule has 13 heavy (non-hydrogen) atoms. The van der Waals surface area contributed by atoms with E-state index < -0.39 is 0 Å². The molecule has 0 aliphatic carbocycles. The first-order valence-corrected chi connectivity index (χ1v) is 4.80. The van der Waals surface area contributed by atoms with Gasteiger partial charge in [-0.3, -0.25) is 4.79 Å². The zero-order chi connectivity index (χ0) is 9.42. The highest BCUT2D eigenvalue weighted by molar-refractivity contribution is 9.10. The fraction of sp³-hybridized carbons (Fsp3) is 0.222. The van der Waals surface area contributed by atoms with Crippen molar-refractivity contribution >= 4 is 27.5 Å². The SMILES string of the molecule is CCc1cc(Br)cc2c1C(=O)N=N2. The third-order valence-corrected chi connectivity index (χ3v) is 2.47. The Kier molecular flexibility index (Phi) is 2.00. The van der Waals surface area contributed by atoms with E-state index in [-0.39, 0.29) is 5.91 Å². The normalized spacial score (nSPS) is 13.5. The van der Waals surface area contributed by atoms with E-state index in [1.165, 1.54) is 0 Å². The number of halogens is 1. The van der Waals surface area contributed by atoms with Gasteiger partial charge in [0.15, 0.2) is 0 Å². The molecule has 0 saturated carbocycles. The van der Waals surface area contributed by atoms with Crippen molar-refractivity contribution < 1.29 is 4.79 Å². The van der Waals surface area contributed by atoms with Crippen LogP contribution in [0.1, 0.15) is 22.8 Å². The lowest BCUT2D eigenvalue weighted by Gasteiger charge is -2.02. The molecule has 1 aliphatic heterocycles. The van der Waals surface area contributed by atoms with Gasteiger partial charge in [-0.05, 0) is 24.1 Å². The Balaban J connectivity index is 2.69. The highest BCUT2D eigenvalue weighted by Crippen LogP contribution is 2.33. The third kappa shape index (κ3) is 1.31. The monoisotopic (exact) mass is 238 g/mol. The van der Waals surface area contributed by atoms with Crippen LogP contribution in [0.4, 0.5) is 5.69 Å². The number of fused-ring (bicyclic) bond motifs is 1. The molecule has 1 aromatic rings. The Morgan fingerprint density at radius 3 is 2.85 bits per heavy atom. The van der Waals surface area contributed by atoms with Crippen LogP contribution >= 0.6 is 15.9 Å². The van der Waals surface area contributed by atoms with E-state index in [2.05, 4.69) is 26.2 Å². The van der Waals surface area contributed by atoms with Gasteiger partial charge in [-0.15, -0.1) is 10.2 Å². The Bertz CT molecular complexity index is 412. The van der Waals surface area contributed by atoms with Crippen molar-refractivity contribution in [3.8, 4) is 0 Å². The fourth-order valence-corrected chi connectivity index (χ4v) is 1.89. The number of aryl methyl sites for hydroxylation is 1. The van der Waals surface area contributed by atoms with Crippen LogP contribution in [0.2, 0.25) is 0 Å². The fourth-order valence-electron chi connectivity index (χ4n) is 1.40. The standard InChI is InChI=1S/C9H7BrN2O/c1-2-5-3-6(10)4-7-8(5)9(13)12-11-7/h3-4H,2H2,1H3. The molecule has 0 aromatic heterocycles. The van der Waals surface area contributed by atoms with Crippen LogP contribution in [0.15, 0.2) is 26.8 Å². The number of carbonyl (C=O) groups excluding carboxylic acids is 1. The summed E-state index contributed by atoms with van der Waals surface area (Å²) in [5, 5.41) is 7.31. The van der Waals surface area contributed by atoms with Gasteiger partial charge in [-0.2, -0.15) is 0 Å². The van der Waals surface area contributed by atoms with Gasteiger partial charge in [0.05, 0.1) is 5.56 Å². The van der Waals surface area contributed by atoms with Gasteiger partial charge < -0.3 is 0 Å². The topological polar surface area (TPSA) is 41.8 Å². The maximum atomic E-state index is 11.3. The molecule has 0 bridgehead atoms. The summed E-state index contributed by atoms with van der Waals surface area (Å²) in [5.74, 6) is -0.223. The van der Waals surface area contributed by atoms with Crippen molar-refractivity contribution in [1.82, 2.24) is 0 Å². The van der Waals surface area contributed by atoms with Gasteiger partial charge in [0, 0.05) is 4.47 Å². The van der Waals surface area contributed by atoms with E-state index in [0.717, 1.165) is 16.5 Å². The van der Waals surface area contributed by atoms with Gasteiger partial charge in [0.1, 0.15) is 5.69 Å². The maximum absolute atomic E-state index is 11.3. The van der Waals surface area contributed by atoms with Crippen molar-refractivity contribution in [1.29, 1.82) is 0 Å². The molecule has 1 aromatic carbocycles. The van der Waals surface area contributed by atoms with Crippen molar-refractivity contribution in [2.45, 2.75) is 13.3 Å². The van der Waals surface area contributed by atoms with Crippen molar-refractivity contribution in [3.05, 3.63) is 27.7 Å². The minimum Gasteiger partial charge on any atom is -0.265 e. The molecular formula is C9H7BrN2O. The number of nitrogens with zero attached hydrogens (tertiary/aromatic N) is 2. The molecule has 66 valence electrons. The van der Waals surface area contributed by atoms with Gasteiger partial charge >= 0.3 is 0 Å². The van der Waals surface area contributed by atoms with Crippen LogP contribution in [0.25, 0.3) is 0 Å². The quantitative estimate of drug-likeness (QED) is 0.741. The van der Waals surface area contributed by atoms with Crippen LogP contribution in [-0.2, 0) is 6.42 Å². The Morgan fingerprint density at radius 2 is 2.15 bits per heavy atom. The smallest absolute Gasteiger partial charge is 0.265 e. The number of carbonyl (C=O) groups is 1. The summed E-state index contributed by atoms with van der Waals surface area (Å²) in [4.78, 5) is 11.3. The highest BCUT2D eigenvalue weighted by atomic mass is 79.9. The minimum absolute atomic E-state index is 0.223. The van der Waals surface area contributed by atoms with Gasteiger partial charge in [0.2, 0.25) is 0 Å². The molecule has 0 atom stereocenters. The molecule has 0 unspecified atom stereocenters. The molecule has 0 fully saturated rings. The maximum Gasteiger partial charge on any atom is 0.297 e. The molecule has 0 saturated heterocycles. The lowest BCUT2D eigenvalue weighted by atomic mass is 10.0. The van der Waals surface area contributed by atoms with E-state index in [0.29, 0.717) is 11.3 Å². The van der Waals surface area contributed by atoms with Crippen LogP contribution in [0.5, 0.6) is 0 Å². The molecule has 0 N–H and O–H groups in total. The number of azo groups is 1. The van der Waals surface area contributed by atoms with Crippen molar-refractivity contribution in [3.63, 3.8) is 0 Å². The summed E-state index contributed by atoms with van der Waals surface area (Å²) < 4.78 is 0.941. The second-order valence-corrected chi connectivity index (χ2v) is 3.73. The van der Waals surface area contributed by atoms with Crippen LogP contribution in [0.3, 0.4) is 0 Å². The Labute approximate surface area is 84.0 Å². The van der Waals surface area contributed by atoms with E-state index in [4.69, 9.17) is 0 Å². The lowest BCUT2D eigenvalue weighted by Crippen LogP contribution is -1.96. The summed E-state index contributed by atoms with van der Waals surface area (Å²) in [5.41, 5.74) is 2.33. The first-order chi connectivity index (χ1) is 6.22. The summed E-state index contributed by atoms with van der Waals surface area (Å²) in [7, 11) is 0. The number of hydrogen-bond donors (Lipinski definition) is 0. The molecule has 1 amide bonds. The zero-order valence-electron chi connectivity index (χ0n) is 7.04. The number of rotatable bonds is 1. The van der Waals surface area contributed by atoms with Gasteiger partial charge in [-0.1, -0.05) is 22.9 Å².